The van der Waals surface area contributed by atoms with Crippen molar-refractivity contribution in [3.63, 3.8) is 0 Å². The van der Waals surface area contributed by atoms with Crippen molar-refractivity contribution in [1.82, 2.24) is 25.0 Å². The molecule has 2 aromatic rings. The van der Waals surface area contributed by atoms with Crippen LogP contribution in [-0.2, 0) is 22.6 Å². The fourth-order valence-corrected chi connectivity index (χ4v) is 3.41. The Hall–Kier alpha value is -2.97. The van der Waals surface area contributed by atoms with Gasteiger partial charge < -0.3 is 9.80 Å². The van der Waals surface area contributed by atoms with E-state index in [0.29, 0.717) is 19.6 Å². The van der Waals surface area contributed by atoms with Gasteiger partial charge in [0, 0.05) is 26.1 Å². The number of aromatic nitrogens is 3. The summed E-state index contributed by atoms with van der Waals surface area (Å²) in [5.41, 5.74) is 0.383. The zero-order chi connectivity index (χ0) is 20.3. The van der Waals surface area contributed by atoms with E-state index in [-0.39, 0.29) is 48.3 Å². The van der Waals surface area contributed by atoms with Crippen LogP contribution in [0.5, 0.6) is 0 Å². The minimum Gasteiger partial charge on any atom is -0.340 e. The van der Waals surface area contributed by atoms with Crippen LogP contribution in [0.1, 0.15) is 31.7 Å². The van der Waals surface area contributed by atoms with Crippen LogP contribution in [0.15, 0.2) is 29.1 Å². The summed E-state index contributed by atoms with van der Waals surface area (Å²) in [5.74, 6) is -0.145. The molecule has 8 nitrogen and oxygen atoms in total. The Morgan fingerprint density at radius 2 is 2.00 bits per heavy atom. The predicted molar refractivity (Wildman–Crippen MR) is 99.7 cm³/mol. The van der Waals surface area contributed by atoms with Gasteiger partial charge in [-0.25, -0.2) is 14.3 Å². The number of hydrogen-bond acceptors (Lipinski definition) is 4. The molecule has 1 aromatic carbocycles. The lowest BCUT2D eigenvalue weighted by Gasteiger charge is -2.34. The molecule has 1 saturated heterocycles. The van der Waals surface area contributed by atoms with Gasteiger partial charge in [0.25, 0.3) is 0 Å². The van der Waals surface area contributed by atoms with E-state index < -0.39 is 5.69 Å². The van der Waals surface area contributed by atoms with E-state index in [1.54, 1.807) is 21.9 Å². The number of aromatic amines is 2. The van der Waals surface area contributed by atoms with Crippen LogP contribution in [0.25, 0.3) is 0 Å². The average Bonchev–Trinajstić information content (AvgIpc) is 2.97. The molecule has 3 rings (SSSR count). The summed E-state index contributed by atoms with van der Waals surface area (Å²) in [6.07, 6.45) is 0.183. The molecule has 2 amide bonds. The lowest BCUT2D eigenvalue weighted by molar-refractivity contribution is -0.134. The zero-order valence-electron chi connectivity index (χ0n) is 15.9. The topological polar surface area (TPSA) is 102 Å². The Kier molecular flexibility index (Phi) is 5.91. The van der Waals surface area contributed by atoms with E-state index in [4.69, 9.17) is 0 Å². The fraction of sp³-hybridized carbons (Fsp3) is 0.474. The SMILES string of the molecule is CC(C)[C@@H]1CN(C(=O)Cc2n[nH]c(=O)[nH]2)CCC(=O)N1Cc1ccc(F)cc1. The van der Waals surface area contributed by atoms with Gasteiger partial charge in [0.2, 0.25) is 11.8 Å². The molecule has 2 heterocycles. The smallest absolute Gasteiger partial charge is 0.340 e. The molecule has 2 N–H and O–H groups in total. The highest BCUT2D eigenvalue weighted by atomic mass is 19.1. The average molecular weight is 389 g/mol. The molecule has 9 heteroatoms. The molecule has 0 saturated carbocycles. The van der Waals surface area contributed by atoms with Crippen molar-refractivity contribution in [3.8, 4) is 0 Å². The summed E-state index contributed by atoms with van der Waals surface area (Å²) in [6, 6.07) is 5.93. The number of nitrogens with one attached hydrogen (secondary N) is 2. The van der Waals surface area contributed by atoms with E-state index in [1.165, 1.54) is 12.1 Å². The molecule has 0 spiro atoms. The maximum Gasteiger partial charge on any atom is 0.340 e. The maximum absolute atomic E-state index is 13.2. The third-order valence-electron chi connectivity index (χ3n) is 4.98. The first-order valence-electron chi connectivity index (χ1n) is 9.28. The highest BCUT2D eigenvalue weighted by molar-refractivity contribution is 5.81. The van der Waals surface area contributed by atoms with Crippen LogP contribution in [0.2, 0.25) is 0 Å². The van der Waals surface area contributed by atoms with Crippen LogP contribution in [0.3, 0.4) is 0 Å². The van der Waals surface area contributed by atoms with Crippen LogP contribution in [-0.4, -0.2) is 55.9 Å². The second-order valence-corrected chi connectivity index (χ2v) is 7.35. The number of halogens is 1. The Morgan fingerprint density at radius 1 is 1.29 bits per heavy atom. The molecule has 1 atom stereocenters. The third-order valence-corrected chi connectivity index (χ3v) is 4.98. The lowest BCUT2D eigenvalue weighted by Crippen LogP contribution is -2.47. The van der Waals surface area contributed by atoms with Crippen molar-refractivity contribution in [3.05, 3.63) is 52.0 Å². The van der Waals surface area contributed by atoms with Crippen LogP contribution in [0.4, 0.5) is 4.39 Å². The molecule has 1 fully saturated rings. The largest absolute Gasteiger partial charge is 0.340 e. The second-order valence-electron chi connectivity index (χ2n) is 7.35. The van der Waals surface area contributed by atoms with Gasteiger partial charge in [0.1, 0.15) is 11.6 Å². The molecule has 150 valence electrons. The van der Waals surface area contributed by atoms with Crippen molar-refractivity contribution >= 4 is 11.8 Å². The minimum atomic E-state index is -0.459. The summed E-state index contributed by atoms with van der Waals surface area (Å²) in [5, 5.41) is 6.01. The first-order chi connectivity index (χ1) is 13.3. The fourth-order valence-electron chi connectivity index (χ4n) is 3.41. The van der Waals surface area contributed by atoms with E-state index in [2.05, 4.69) is 15.2 Å². The van der Waals surface area contributed by atoms with E-state index in [0.717, 1.165) is 5.56 Å². The monoisotopic (exact) mass is 389 g/mol. The predicted octanol–water partition coefficient (Wildman–Crippen LogP) is 1.07. The van der Waals surface area contributed by atoms with Crippen molar-refractivity contribution in [1.29, 1.82) is 0 Å². The van der Waals surface area contributed by atoms with Crippen molar-refractivity contribution < 1.29 is 14.0 Å². The molecular formula is C19H24FN5O3. The first kappa shape index (κ1) is 19.8. The van der Waals surface area contributed by atoms with Gasteiger partial charge in [0.05, 0.1) is 12.5 Å². The number of H-pyrrole nitrogens is 2. The standard InChI is InChI=1S/C19H24FN5O3/c1-12(2)15-11-24(18(27)9-16-21-19(28)23-22-16)8-7-17(26)25(15)10-13-3-5-14(20)6-4-13/h3-6,12,15H,7-11H2,1-2H3,(H2,21,22,23,28)/t15-/m0/s1. The van der Waals surface area contributed by atoms with Crippen molar-refractivity contribution in [2.75, 3.05) is 13.1 Å². The summed E-state index contributed by atoms with van der Waals surface area (Å²) < 4.78 is 13.2. The zero-order valence-corrected chi connectivity index (χ0v) is 15.9. The highest BCUT2D eigenvalue weighted by Gasteiger charge is 2.33. The van der Waals surface area contributed by atoms with E-state index >= 15 is 0 Å². The maximum atomic E-state index is 13.2. The number of nitrogens with zero attached hydrogens (tertiary/aromatic N) is 3. The van der Waals surface area contributed by atoms with Crippen molar-refractivity contribution in [2.45, 2.75) is 39.3 Å². The molecule has 28 heavy (non-hydrogen) atoms. The summed E-state index contributed by atoms with van der Waals surface area (Å²) in [4.78, 5) is 42.5. The van der Waals surface area contributed by atoms with Gasteiger partial charge in [-0.2, -0.15) is 5.10 Å². The Balaban J connectivity index is 1.76. The highest BCUT2D eigenvalue weighted by Crippen LogP contribution is 2.21. The normalized spacial score (nSPS) is 17.9. The quantitative estimate of drug-likeness (QED) is 0.798. The summed E-state index contributed by atoms with van der Waals surface area (Å²) in [6.45, 7) is 5.10. The van der Waals surface area contributed by atoms with Crippen LogP contribution < -0.4 is 5.69 Å². The molecular weight excluding hydrogens is 365 g/mol. The lowest BCUT2D eigenvalue weighted by atomic mass is 10.0. The van der Waals surface area contributed by atoms with E-state index in [9.17, 15) is 18.8 Å². The number of hydrogen-bond donors (Lipinski definition) is 2. The van der Waals surface area contributed by atoms with Gasteiger partial charge in [-0.05, 0) is 23.6 Å². The Bertz CT molecular complexity index is 889. The molecule has 1 aliphatic rings. The Labute approximate surface area is 161 Å². The summed E-state index contributed by atoms with van der Waals surface area (Å²) >= 11 is 0. The third kappa shape index (κ3) is 4.65. The van der Waals surface area contributed by atoms with E-state index in [1.807, 2.05) is 13.8 Å². The molecule has 0 radical (unpaired) electrons. The van der Waals surface area contributed by atoms with Crippen LogP contribution >= 0.6 is 0 Å². The molecule has 0 unspecified atom stereocenters. The molecule has 0 aliphatic carbocycles. The van der Waals surface area contributed by atoms with Crippen molar-refractivity contribution in [2.24, 2.45) is 5.92 Å². The molecule has 1 aliphatic heterocycles. The van der Waals surface area contributed by atoms with Gasteiger partial charge >= 0.3 is 5.69 Å². The van der Waals surface area contributed by atoms with Gasteiger partial charge in [0.15, 0.2) is 0 Å². The number of benzene rings is 1. The number of amides is 2. The number of carbonyl (C=O) groups excluding carboxylic acids is 2. The minimum absolute atomic E-state index is 0.0320. The number of rotatable bonds is 5. The van der Waals surface area contributed by atoms with Gasteiger partial charge in [-0.3, -0.25) is 14.6 Å². The first-order valence-corrected chi connectivity index (χ1v) is 9.28. The molecule has 0 bridgehead atoms. The number of carbonyl (C=O) groups is 2. The van der Waals surface area contributed by atoms with Gasteiger partial charge in [-0.1, -0.05) is 26.0 Å². The second kappa shape index (κ2) is 8.37. The summed E-state index contributed by atoms with van der Waals surface area (Å²) in [7, 11) is 0. The van der Waals surface area contributed by atoms with Gasteiger partial charge in [-0.15, -0.1) is 0 Å². The van der Waals surface area contributed by atoms with Crippen LogP contribution in [0, 0.1) is 11.7 Å². The Morgan fingerprint density at radius 3 is 2.61 bits per heavy atom. The molecule has 1 aromatic heterocycles.